The van der Waals surface area contributed by atoms with Crippen LogP contribution in [-0.4, -0.2) is 23.3 Å². The van der Waals surface area contributed by atoms with Gasteiger partial charge in [-0.2, -0.15) is 0 Å². The van der Waals surface area contributed by atoms with E-state index in [0.29, 0.717) is 18.9 Å². The highest BCUT2D eigenvalue weighted by Gasteiger charge is 2.38. The number of pyridine rings is 1. The first-order chi connectivity index (χ1) is 9.58. The Balaban J connectivity index is 1.66. The summed E-state index contributed by atoms with van der Waals surface area (Å²) in [6.07, 6.45) is 2.97. The lowest BCUT2D eigenvalue weighted by atomic mass is 10.2. The summed E-state index contributed by atoms with van der Waals surface area (Å²) in [5.74, 6) is 0.647. The number of nitrogens with zero attached hydrogens (tertiary/aromatic N) is 1. The van der Waals surface area contributed by atoms with Crippen LogP contribution < -0.4 is 10.6 Å². The van der Waals surface area contributed by atoms with Crippen molar-refractivity contribution in [3.63, 3.8) is 0 Å². The number of rotatable bonds is 6. The molecule has 0 radical (unpaired) electrons. The van der Waals surface area contributed by atoms with Gasteiger partial charge in [0.1, 0.15) is 0 Å². The molecule has 20 heavy (non-hydrogen) atoms. The lowest BCUT2D eigenvalue weighted by Gasteiger charge is -2.13. The Morgan fingerprint density at radius 1 is 1.45 bits per heavy atom. The van der Waals surface area contributed by atoms with Crippen molar-refractivity contribution in [1.29, 1.82) is 0 Å². The third-order valence-electron chi connectivity index (χ3n) is 3.61. The number of carbonyl (C=O) groups excluding carboxylic acids is 2. The number of nitrogens with one attached hydrogen (secondary N) is 2. The molecule has 1 aliphatic carbocycles. The Labute approximate surface area is 119 Å². The van der Waals surface area contributed by atoms with E-state index in [1.807, 2.05) is 25.1 Å². The molecule has 0 bridgehead atoms. The largest absolute Gasteiger partial charge is 0.355 e. The van der Waals surface area contributed by atoms with Crippen molar-refractivity contribution in [1.82, 2.24) is 15.6 Å². The zero-order valence-corrected chi connectivity index (χ0v) is 11.9. The third-order valence-corrected chi connectivity index (χ3v) is 3.61. The van der Waals surface area contributed by atoms with Crippen LogP contribution in [0.15, 0.2) is 24.4 Å². The molecule has 3 atom stereocenters. The Hall–Kier alpha value is -1.91. The molecule has 1 aliphatic rings. The molecule has 108 valence electrons. The summed E-state index contributed by atoms with van der Waals surface area (Å²) in [6.45, 7) is 4.35. The second kappa shape index (κ2) is 6.50. The van der Waals surface area contributed by atoms with Gasteiger partial charge >= 0.3 is 0 Å². The van der Waals surface area contributed by atoms with Crippen LogP contribution in [-0.2, 0) is 9.59 Å². The maximum atomic E-state index is 11.8. The maximum Gasteiger partial charge on any atom is 0.223 e. The standard InChI is InChI=1S/C15H21N3O2/c1-10-9-12(10)15(20)17-8-6-14(19)18-11(2)13-5-3-4-7-16-13/h3-5,7,10-12H,6,8-9H2,1-2H3,(H,17,20)(H,18,19)/t10-,11-,12+/m0/s1. The van der Waals surface area contributed by atoms with E-state index in [4.69, 9.17) is 0 Å². The summed E-state index contributed by atoms with van der Waals surface area (Å²) in [4.78, 5) is 27.6. The number of amides is 2. The van der Waals surface area contributed by atoms with Gasteiger partial charge in [0.15, 0.2) is 0 Å². The van der Waals surface area contributed by atoms with E-state index in [-0.39, 0.29) is 23.8 Å². The molecule has 0 saturated heterocycles. The minimum absolute atomic E-state index is 0.0723. The molecule has 0 aromatic carbocycles. The number of hydrogen-bond acceptors (Lipinski definition) is 3. The minimum atomic E-state index is -0.122. The SMILES string of the molecule is C[C@H](NC(=O)CCNC(=O)[C@@H]1C[C@@H]1C)c1ccccn1. The van der Waals surface area contributed by atoms with Crippen molar-refractivity contribution in [3.05, 3.63) is 30.1 Å². The topological polar surface area (TPSA) is 71.1 Å². The highest BCUT2D eigenvalue weighted by atomic mass is 16.2. The first-order valence-corrected chi connectivity index (χ1v) is 7.06. The molecule has 2 amide bonds. The van der Waals surface area contributed by atoms with Crippen molar-refractivity contribution in [2.75, 3.05) is 6.54 Å². The maximum absolute atomic E-state index is 11.8. The monoisotopic (exact) mass is 275 g/mol. The first kappa shape index (κ1) is 14.5. The van der Waals surface area contributed by atoms with Crippen molar-refractivity contribution in [3.8, 4) is 0 Å². The van der Waals surface area contributed by atoms with E-state index >= 15 is 0 Å². The van der Waals surface area contributed by atoms with Gasteiger partial charge in [-0.15, -0.1) is 0 Å². The molecular weight excluding hydrogens is 254 g/mol. The fraction of sp³-hybridized carbons (Fsp3) is 0.533. The van der Waals surface area contributed by atoms with E-state index in [0.717, 1.165) is 12.1 Å². The van der Waals surface area contributed by atoms with Crippen LogP contribution in [0.5, 0.6) is 0 Å². The number of hydrogen-bond donors (Lipinski definition) is 2. The lowest BCUT2D eigenvalue weighted by Crippen LogP contribution is -2.33. The zero-order chi connectivity index (χ0) is 14.5. The van der Waals surface area contributed by atoms with E-state index in [1.165, 1.54) is 0 Å². The second-order valence-corrected chi connectivity index (χ2v) is 5.40. The molecule has 5 nitrogen and oxygen atoms in total. The molecule has 2 rings (SSSR count). The van der Waals surface area contributed by atoms with E-state index in [2.05, 4.69) is 22.5 Å². The molecule has 2 N–H and O–H groups in total. The van der Waals surface area contributed by atoms with Gasteiger partial charge in [0, 0.05) is 25.1 Å². The fourth-order valence-corrected chi connectivity index (χ4v) is 2.14. The zero-order valence-electron chi connectivity index (χ0n) is 11.9. The summed E-state index contributed by atoms with van der Waals surface area (Å²) >= 11 is 0. The van der Waals surface area contributed by atoms with Crippen LogP contribution in [0.25, 0.3) is 0 Å². The van der Waals surface area contributed by atoms with Crippen molar-refractivity contribution in [2.45, 2.75) is 32.7 Å². The van der Waals surface area contributed by atoms with Gasteiger partial charge in [0.25, 0.3) is 0 Å². The van der Waals surface area contributed by atoms with Crippen molar-refractivity contribution >= 4 is 11.8 Å². The highest BCUT2D eigenvalue weighted by molar-refractivity contribution is 5.82. The average molecular weight is 275 g/mol. The number of aromatic nitrogens is 1. The number of carbonyl (C=O) groups is 2. The van der Waals surface area contributed by atoms with Gasteiger partial charge in [-0.1, -0.05) is 13.0 Å². The molecule has 0 spiro atoms. The Morgan fingerprint density at radius 3 is 2.80 bits per heavy atom. The van der Waals surface area contributed by atoms with Gasteiger partial charge in [-0.3, -0.25) is 14.6 Å². The van der Waals surface area contributed by atoms with E-state index < -0.39 is 0 Å². The molecule has 1 heterocycles. The van der Waals surface area contributed by atoms with Crippen LogP contribution in [0.3, 0.4) is 0 Å². The molecule has 1 saturated carbocycles. The summed E-state index contributed by atoms with van der Waals surface area (Å²) in [7, 11) is 0. The Kier molecular flexibility index (Phi) is 4.71. The van der Waals surface area contributed by atoms with Gasteiger partial charge in [-0.25, -0.2) is 0 Å². The molecule has 1 fully saturated rings. The lowest BCUT2D eigenvalue weighted by molar-refractivity contribution is -0.123. The molecule has 1 aromatic heterocycles. The van der Waals surface area contributed by atoms with Crippen LogP contribution in [0.2, 0.25) is 0 Å². The molecule has 1 aromatic rings. The Morgan fingerprint density at radius 2 is 2.20 bits per heavy atom. The second-order valence-electron chi connectivity index (χ2n) is 5.40. The summed E-state index contributed by atoms with van der Waals surface area (Å²) < 4.78 is 0. The van der Waals surface area contributed by atoms with Crippen LogP contribution in [0, 0.1) is 11.8 Å². The molecule has 5 heteroatoms. The van der Waals surface area contributed by atoms with Crippen molar-refractivity contribution < 1.29 is 9.59 Å². The van der Waals surface area contributed by atoms with Crippen LogP contribution in [0.4, 0.5) is 0 Å². The van der Waals surface area contributed by atoms with Crippen LogP contribution >= 0.6 is 0 Å². The van der Waals surface area contributed by atoms with Gasteiger partial charge < -0.3 is 10.6 Å². The molecule has 0 aliphatic heterocycles. The normalized spacial score (nSPS) is 21.9. The quantitative estimate of drug-likeness (QED) is 0.825. The van der Waals surface area contributed by atoms with E-state index in [9.17, 15) is 9.59 Å². The minimum Gasteiger partial charge on any atom is -0.355 e. The average Bonchev–Trinajstić information content (AvgIpc) is 3.17. The summed E-state index contributed by atoms with van der Waals surface area (Å²) in [5, 5.41) is 5.67. The van der Waals surface area contributed by atoms with E-state index in [1.54, 1.807) is 6.20 Å². The first-order valence-electron chi connectivity index (χ1n) is 7.06. The Bertz CT molecular complexity index is 475. The fourth-order valence-electron chi connectivity index (χ4n) is 2.14. The summed E-state index contributed by atoms with van der Waals surface area (Å²) in [6, 6.07) is 5.48. The van der Waals surface area contributed by atoms with Gasteiger partial charge in [-0.05, 0) is 31.4 Å². The van der Waals surface area contributed by atoms with Gasteiger partial charge in [0.2, 0.25) is 11.8 Å². The smallest absolute Gasteiger partial charge is 0.223 e. The van der Waals surface area contributed by atoms with Crippen molar-refractivity contribution in [2.24, 2.45) is 11.8 Å². The van der Waals surface area contributed by atoms with Gasteiger partial charge in [0.05, 0.1) is 11.7 Å². The third kappa shape index (κ3) is 4.05. The van der Waals surface area contributed by atoms with Crippen LogP contribution in [0.1, 0.15) is 38.4 Å². The summed E-state index contributed by atoms with van der Waals surface area (Å²) in [5.41, 5.74) is 0.830. The predicted molar refractivity (Wildman–Crippen MR) is 75.7 cm³/mol. The predicted octanol–water partition coefficient (Wildman–Crippen LogP) is 1.42. The highest BCUT2D eigenvalue weighted by Crippen LogP contribution is 2.37. The molecular formula is C15H21N3O2. The molecule has 0 unspecified atom stereocenters.